The van der Waals surface area contributed by atoms with E-state index >= 15 is 0 Å². The van der Waals surface area contributed by atoms with Gasteiger partial charge >= 0.3 is 0 Å². The summed E-state index contributed by atoms with van der Waals surface area (Å²) in [5.74, 6) is -0.698. The summed E-state index contributed by atoms with van der Waals surface area (Å²) in [7, 11) is 0. The minimum atomic E-state index is -0.981. The Bertz CT molecular complexity index is 1040. The average molecular weight is 323 g/mol. The van der Waals surface area contributed by atoms with Crippen LogP contribution in [0.4, 0.5) is 0 Å². The van der Waals surface area contributed by atoms with Crippen molar-refractivity contribution in [3.05, 3.63) is 60.3 Å². The molecule has 4 rings (SSSR count). The molecule has 0 fully saturated rings. The van der Waals surface area contributed by atoms with E-state index in [1.165, 1.54) is 6.20 Å². The Morgan fingerprint density at radius 1 is 0.957 bits per heavy atom. The second-order valence-corrected chi connectivity index (χ2v) is 5.68. The van der Waals surface area contributed by atoms with E-state index in [1.54, 1.807) is 0 Å². The molecule has 2 N–H and O–H groups in total. The van der Waals surface area contributed by atoms with Crippen molar-refractivity contribution in [3.63, 3.8) is 0 Å². The number of aromatic nitrogens is 2. The van der Waals surface area contributed by atoms with Gasteiger partial charge in [-0.1, -0.05) is 30.3 Å². The molecule has 0 aliphatic heterocycles. The van der Waals surface area contributed by atoms with Crippen LogP contribution in [0, 0.1) is 0 Å². The summed E-state index contributed by atoms with van der Waals surface area (Å²) in [4.78, 5) is 29.2. The second-order valence-electron chi connectivity index (χ2n) is 5.34. The van der Waals surface area contributed by atoms with E-state index in [9.17, 15) is 9.59 Å². The van der Waals surface area contributed by atoms with Crippen LogP contribution in [0.5, 0.6) is 0 Å². The Labute approximate surface area is 136 Å². The van der Waals surface area contributed by atoms with Gasteiger partial charge in [0.25, 0.3) is 5.24 Å². The predicted molar refractivity (Wildman–Crippen MR) is 90.8 cm³/mol. The number of benzene rings is 2. The van der Waals surface area contributed by atoms with Crippen LogP contribution in [0.1, 0.15) is 10.4 Å². The maximum atomic E-state index is 11.8. The van der Waals surface area contributed by atoms with E-state index in [2.05, 4.69) is 16.0 Å². The summed E-state index contributed by atoms with van der Waals surface area (Å²) in [5, 5.41) is 0.840. The maximum absolute atomic E-state index is 11.8. The number of nitrogens with one attached hydrogen (secondary N) is 2. The van der Waals surface area contributed by atoms with Gasteiger partial charge < -0.3 is 9.97 Å². The number of hydrogen-bond acceptors (Lipinski definition) is 2. The quantitative estimate of drug-likeness (QED) is 0.336. The molecule has 0 spiro atoms. The van der Waals surface area contributed by atoms with Gasteiger partial charge in [0, 0.05) is 39.3 Å². The standard InChI is InChI=1S/C18H11ClN2O2/c19-18(23)17(22)13-9-20-16-8-11(5-6-12(13)16)15-7-10-3-1-2-4-14(10)21-15/h1-9,20-21H. The number of ketones is 1. The van der Waals surface area contributed by atoms with E-state index < -0.39 is 11.0 Å². The molecule has 0 saturated heterocycles. The summed E-state index contributed by atoms with van der Waals surface area (Å²) in [5.41, 5.74) is 4.12. The molecule has 0 aliphatic carbocycles. The molecule has 2 heterocycles. The Balaban J connectivity index is 1.83. The number of aromatic amines is 2. The number of fused-ring (bicyclic) bond motifs is 2. The molecule has 112 valence electrons. The molecule has 2 aromatic heterocycles. The molecule has 0 radical (unpaired) electrons. The first-order valence-corrected chi connectivity index (χ1v) is 7.45. The van der Waals surface area contributed by atoms with E-state index in [4.69, 9.17) is 11.6 Å². The molecule has 4 nitrogen and oxygen atoms in total. The SMILES string of the molecule is O=C(Cl)C(=O)c1c[nH]c2cc(-c3cc4ccccc4[nH]3)ccc12. The van der Waals surface area contributed by atoms with Gasteiger partial charge in [0.05, 0.1) is 5.56 Å². The summed E-state index contributed by atoms with van der Waals surface area (Å²) < 4.78 is 0. The highest BCUT2D eigenvalue weighted by Crippen LogP contribution is 2.28. The first kappa shape index (κ1) is 13.8. The van der Waals surface area contributed by atoms with Crippen molar-refractivity contribution in [3.8, 4) is 11.3 Å². The highest BCUT2D eigenvalue weighted by Gasteiger charge is 2.18. The van der Waals surface area contributed by atoms with Crippen LogP contribution in [0.25, 0.3) is 33.1 Å². The number of H-pyrrole nitrogens is 2. The van der Waals surface area contributed by atoms with Gasteiger partial charge in [-0.3, -0.25) is 9.59 Å². The molecule has 0 amide bonds. The molecule has 0 saturated carbocycles. The Kier molecular flexibility index (Phi) is 3.06. The van der Waals surface area contributed by atoms with Crippen LogP contribution in [0.3, 0.4) is 0 Å². The second kappa shape index (κ2) is 5.11. The molecule has 4 aromatic rings. The van der Waals surface area contributed by atoms with Crippen molar-refractivity contribution < 1.29 is 9.59 Å². The molecular weight excluding hydrogens is 312 g/mol. The number of halogens is 1. The summed E-state index contributed by atoms with van der Waals surface area (Å²) >= 11 is 5.29. The number of Topliss-reactive ketones (excluding diaryl/α,β-unsaturated/α-hetero) is 1. The smallest absolute Gasteiger partial charge is 0.293 e. The number of para-hydroxylation sites is 1. The van der Waals surface area contributed by atoms with Crippen LogP contribution in [-0.4, -0.2) is 21.0 Å². The zero-order valence-corrected chi connectivity index (χ0v) is 12.6. The van der Waals surface area contributed by atoms with Gasteiger partial charge in [-0.15, -0.1) is 0 Å². The number of rotatable bonds is 3. The number of carbonyl (C=O) groups excluding carboxylic acids is 2. The third-order valence-electron chi connectivity index (χ3n) is 3.95. The van der Waals surface area contributed by atoms with E-state index in [0.717, 1.165) is 27.7 Å². The van der Waals surface area contributed by atoms with Gasteiger partial charge in [-0.05, 0) is 29.8 Å². The fourth-order valence-corrected chi connectivity index (χ4v) is 2.92. The summed E-state index contributed by atoms with van der Waals surface area (Å²) in [6.07, 6.45) is 1.52. The minimum Gasteiger partial charge on any atom is -0.360 e. The Hall–Kier alpha value is -2.85. The van der Waals surface area contributed by atoms with E-state index in [1.807, 2.05) is 42.5 Å². The lowest BCUT2D eigenvalue weighted by Crippen LogP contribution is -2.06. The Morgan fingerprint density at radius 2 is 1.78 bits per heavy atom. The van der Waals surface area contributed by atoms with E-state index in [-0.39, 0.29) is 0 Å². The van der Waals surface area contributed by atoms with Crippen LogP contribution in [0.15, 0.2) is 54.7 Å². The van der Waals surface area contributed by atoms with E-state index in [0.29, 0.717) is 10.9 Å². The van der Waals surface area contributed by atoms with Gasteiger partial charge in [-0.25, -0.2) is 0 Å². The zero-order valence-electron chi connectivity index (χ0n) is 11.9. The van der Waals surface area contributed by atoms with Crippen molar-refractivity contribution in [2.24, 2.45) is 0 Å². The van der Waals surface area contributed by atoms with Crippen molar-refractivity contribution in [1.82, 2.24) is 9.97 Å². The zero-order chi connectivity index (χ0) is 16.0. The summed E-state index contributed by atoms with van der Waals surface area (Å²) in [6, 6.07) is 15.8. The number of hydrogen-bond donors (Lipinski definition) is 2. The van der Waals surface area contributed by atoms with Crippen LogP contribution >= 0.6 is 11.6 Å². The minimum absolute atomic E-state index is 0.295. The lowest BCUT2D eigenvalue weighted by molar-refractivity contribution is -0.108. The lowest BCUT2D eigenvalue weighted by Gasteiger charge is -1.99. The van der Waals surface area contributed by atoms with Crippen molar-refractivity contribution in [2.75, 3.05) is 0 Å². The van der Waals surface area contributed by atoms with Crippen LogP contribution in [0.2, 0.25) is 0 Å². The highest BCUT2D eigenvalue weighted by atomic mass is 35.5. The molecule has 0 bridgehead atoms. The average Bonchev–Trinajstić information content (AvgIpc) is 3.17. The predicted octanol–water partition coefficient (Wildman–Crippen LogP) is 4.26. The third-order valence-corrected chi connectivity index (χ3v) is 4.12. The fraction of sp³-hybridized carbons (Fsp3) is 0. The Morgan fingerprint density at radius 3 is 2.57 bits per heavy atom. The monoisotopic (exact) mass is 322 g/mol. The van der Waals surface area contributed by atoms with Crippen molar-refractivity contribution >= 4 is 44.4 Å². The first-order chi connectivity index (χ1) is 11.1. The van der Waals surface area contributed by atoms with Gasteiger partial charge in [0.1, 0.15) is 0 Å². The topological polar surface area (TPSA) is 65.7 Å². The maximum Gasteiger partial charge on any atom is 0.293 e. The molecule has 5 heteroatoms. The van der Waals surface area contributed by atoms with Crippen LogP contribution in [-0.2, 0) is 4.79 Å². The van der Waals surface area contributed by atoms with Crippen LogP contribution < -0.4 is 0 Å². The third kappa shape index (κ3) is 2.24. The molecule has 0 unspecified atom stereocenters. The first-order valence-electron chi connectivity index (χ1n) is 7.07. The molecule has 23 heavy (non-hydrogen) atoms. The molecular formula is C18H11ClN2O2. The number of carbonyl (C=O) groups is 2. The lowest BCUT2D eigenvalue weighted by atomic mass is 10.1. The van der Waals surface area contributed by atoms with Crippen molar-refractivity contribution in [2.45, 2.75) is 0 Å². The van der Waals surface area contributed by atoms with Gasteiger partial charge in [-0.2, -0.15) is 0 Å². The van der Waals surface area contributed by atoms with Gasteiger partial charge in [0.15, 0.2) is 0 Å². The molecule has 2 aromatic carbocycles. The summed E-state index contributed by atoms with van der Waals surface area (Å²) in [6.45, 7) is 0. The fourth-order valence-electron chi connectivity index (χ4n) is 2.82. The normalized spacial score (nSPS) is 11.2. The van der Waals surface area contributed by atoms with Gasteiger partial charge in [0.2, 0.25) is 5.78 Å². The molecule has 0 aliphatic rings. The largest absolute Gasteiger partial charge is 0.360 e. The van der Waals surface area contributed by atoms with Crippen molar-refractivity contribution in [1.29, 1.82) is 0 Å². The highest BCUT2D eigenvalue weighted by molar-refractivity contribution is 6.83. The molecule has 0 atom stereocenters.